The van der Waals surface area contributed by atoms with Gasteiger partial charge in [-0.15, -0.1) is 0 Å². The summed E-state index contributed by atoms with van der Waals surface area (Å²) in [5.74, 6) is -2.18. The molecule has 86 valence electrons. The molecule has 0 radical (unpaired) electrons. The van der Waals surface area contributed by atoms with E-state index in [0.29, 0.717) is 5.92 Å². The van der Waals surface area contributed by atoms with Crippen molar-refractivity contribution in [2.45, 2.75) is 39.4 Å². The molecular formula is C8H16F3NO2. The third-order valence-electron chi connectivity index (χ3n) is 1.73. The molecule has 0 saturated carbocycles. The molecule has 0 aromatic heterocycles. The molecule has 0 bridgehead atoms. The van der Waals surface area contributed by atoms with Gasteiger partial charge in [-0.1, -0.05) is 13.8 Å². The van der Waals surface area contributed by atoms with Crippen LogP contribution in [0.25, 0.3) is 0 Å². The van der Waals surface area contributed by atoms with E-state index in [-0.39, 0.29) is 5.54 Å². The first-order valence-corrected chi connectivity index (χ1v) is 3.98. The van der Waals surface area contributed by atoms with Crippen LogP contribution in [-0.4, -0.2) is 22.8 Å². The Balaban J connectivity index is 0. The number of carbonyl (C=O) groups is 1. The van der Waals surface area contributed by atoms with E-state index >= 15 is 0 Å². The molecule has 0 fully saturated rings. The van der Waals surface area contributed by atoms with Crippen molar-refractivity contribution < 1.29 is 23.1 Å². The average Bonchev–Trinajstić information content (AvgIpc) is 1.83. The first kappa shape index (κ1) is 15.7. The van der Waals surface area contributed by atoms with E-state index in [1.807, 2.05) is 13.8 Å². The van der Waals surface area contributed by atoms with Crippen molar-refractivity contribution in [3.63, 3.8) is 0 Å². The lowest BCUT2D eigenvalue weighted by Gasteiger charge is -2.22. The number of alkyl halides is 3. The Kier molecular flexibility index (Phi) is 5.81. The highest BCUT2D eigenvalue weighted by Gasteiger charge is 2.38. The number of hydrogen-bond acceptors (Lipinski definition) is 2. The number of halogens is 3. The zero-order valence-electron chi connectivity index (χ0n) is 8.64. The molecule has 0 atom stereocenters. The number of carboxylic acids is 1. The Labute approximate surface area is 81.1 Å². The van der Waals surface area contributed by atoms with Crippen molar-refractivity contribution >= 4 is 5.97 Å². The van der Waals surface area contributed by atoms with Crippen LogP contribution in [0.15, 0.2) is 0 Å². The van der Waals surface area contributed by atoms with Crippen LogP contribution in [-0.2, 0) is 4.79 Å². The van der Waals surface area contributed by atoms with Gasteiger partial charge in [0.1, 0.15) is 0 Å². The fourth-order valence-corrected chi connectivity index (χ4v) is 0. The zero-order valence-corrected chi connectivity index (χ0v) is 8.64. The smallest absolute Gasteiger partial charge is 0.475 e. The topological polar surface area (TPSA) is 63.3 Å². The van der Waals surface area contributed by atoms with Crippen LogP contribution >= 0.6 is 0 Å². The molecular weight excluding hydrogens is 199 g/mol. The predicted molar refractivity (Wildman–Crippen MR) is 46.8 cm³/mol. The van der Waals surface area contributed by atoms with Crippen molar-refractivity contribution in [1.82, 2.24) is 0 Å². The average molecular weight is 215 g/mol. The second-order valence-electron chi connectivity index (χ2n) is 3.78. The molecule has 6 heteroatoms. The number of nitrogens with two attached hydrogens (primary N) is 1. The van der Waals surface area contributed by atoms with Crippen LogP contribution in [0.5, 0.6) is 0 Å². The Morgan fingerprint density at radius 1 is 1.29 bits per heavy atom. The van der Waals surface area contributed by atoms with Crippen LogP contribution in [0.3, 0.4) is 0 Å². The highest BCUT2D eigenvalue weighted by molar-refractivity contribution is 5.73. The molecule has 14 heavy (non-hydrogen) atoms. The molecule has 0 aromatic rings. The number of hydrogen-bond donors (Lipinski definition) is 2. The van der Waals surface area contributed by atoms with Crippen molar-refractivity contribution in [2.24, 2.45) is 11.7 Å². The molecule has 0 amide bonds. The molecule has 0 heterocycles. The summed E-state index contributed by atoms with van der Waals surface area (Å²) in [6.45, 7) is 8.33. The van der Waals surface area contributed by atoms with E-state index in [1.165, 1.54) is 0 Å². The summed E-state index contributed by atoms with van der Waals surface area (Å²) in [6, 6.07) is 0. The number of aliphatic carboxylic acids is 1. The van der Waals surface area contributed by atoms with Crippen LogP contribution in [0.4, 0.5) is 13.2 Å². The first-order chi connectivity index (χ1) is 5.89. The summed E-state index contributed by atoms with van der Waals surface area (Å²) < 4.78 is 31.7. The minimum absolute atomic E-state index is 0. The van der Waals surface area contributed by atoms with Crippen molar-refractivity contribution in [1.29, 1.82) is 0 Å². The van der Waals surface area contributed by atoms with Gasteiger partial charge in [-0.05, 0) is 19.8 Å². The summed E-state index contributed by atoms with van der Waals surface area (Å²) >= 11 is 0. The molecule has 0 aliphatic carbocycles. The standard InChI is InChI=1S/C6H15N.C2HF3O2/c1-5(2)6(3,4)7;3-2(4,5)1(6)7/h5H,7H2,1-4H3;(H,6,7). The van der Waals surface area contributed by atoms with Gasteiger partial charge >= 0.3 is 12.1 Å². The van der Waals surface area contributed by atoms with Gasteiger partial charge in [-0.25, -0.2) is 4.79 Å². The maximum atomic E-state index is 10.6. The summed E-state index contributed by atoms with van der Waals surface area (Å²) in [6.07, 6.45) is -5.08. The van der Waals surface area contributed by atoms with Crippen molar-refractivity contribution in [3.8, 4) is 0 Å². The van der Waals surface area contributed by atoms with Gasteiger partial charge in [0.25, 0.3) is 0 Å². The lowest BCUT2D eigenvalue weighted by Crippen LogP contribution is -2.37. The molecule has 0 rings (SSSR count). The van der Waals surface area contributed by atoms with E-state index in [2.05, 4.69) is 13.8 Å². The minimum Gasteiger partial charge on any atom is -0.475 e. The molecule has 3 N–H and O–H groups in total. The van der Waals surface area contributed by atoms with E-state index in [4.69, 9.17) is 15.6 Å². The van der Waals surface area contributed by atoms with Crippen molar-refractivity contribution in [2.75, 3.05) is 0 Å². The normalized spacial score (nSPS) is 12.1. The number of carboxylic acid groups (broad SMARTS) is 1. The SMILES string of the molecule is CC(C)C(C)(C)N.O=C(O)C(F)(F)F. The molecule has 0 unspecified atom stereocenters. The Morgan fingerprint density at radius 3 is 1.43 bits per heavy atom. The Morgan fingerprint density at radius 2 is 1.43 bits per heavy atom. The van der Waals surface area contributed by atoms with E-state index < -0.39 is 12.1 Å². The molecule has 0 aromatic carbocycles. The molecule has 0 spiro atoms. The maximum absolute atomic E-state index is 10.6. The Bertz CT molecular complexity index is 182. The minimum atomic E-state index is -5.08. The van der Waals surface area contributed by atoms with Gasteiger partial charge in [0.15, 0.2) is 0 Å². The first-order valence-electron chi connectivity index (χ1n) is 3.98. The molecule has 0 aliphatic heterocycles. The fourth-order valence-electron chi connectivity index (χ4n) is 0. The van der Waals surface area contributed by atoms with Gasteiger partial charge < -0.3 is 10.8 Å². The van der Waals surface area contributed by atoms with Crippen LogP contribution in [0.2, 0.25) is 0 Å². The van der Waals surface area contributed by atoms with Gasteiger partial charge in [0, 0.05) is 5.54 Å². The summed E-state index contributed by atoms with van der Waals surface area (Å²) in [7, 11) is 0. The second-order valence-corrected chi connectivity index (χ2v) is 3.78. The monoisotopic (exact) mass is 215 g/mol. The molecule has 3 nitrogen and oxygen atoms in total. The highest BCUT2D eigenvalue weighted by Crippen LogP contribution is 2.13. The molecule has 0 saturated heterocycles. The zero-order chi connectivity index (χ0) is 12.2. The maximum Gasteiger partial charge on any atom is 0.490 e. The highest BCUT2D eigenvalue weighted by atomic mass is 19.4. The van der Waals surface area contributed by atoms with E-state index in [9.17, 15) is 13.2 Å². The number of rotatable bonds is 1. The molecule has 0 aliphatic rings. The largest absolute Gasteiger partial charge is 0.490 e. The summed E-state index contributed by atoms with van der Waals surface area (Å²) in [4.78, 5) is 8.90. The van der Waals surface area contributed by atoms with Gasteiger partial charge in [0.2, 0.25) is 0 Å². The van der Waals surface area contributed by atoms with Crippen molar-refractivity contribution in [3.05, 3.63) is 0 Å². The van der Waals surface area contributed by atoms with Gasteiger partial charge in [-0.3, -0.25) is 0 Å². The van der Waals surface area contributed by atoms with E-state index in [0.717, 1.165) is 0 Å². The Hall–Kier alpha value is -0.780. The fraction of sp³-hybridized carbons (Fsp3) is 0.875. The van der Waals surface area contributed by atoms with E-state index in [1.54, 1.807) is 0 Å². The van der Waals surface area contributed by atoms with Gasteiger partial charge in [-0.2, -0.15) is 13.2 Å². The second kappa shape index (κ2) is 5.19. The third kappa shape index (κ3) is 9.31. The quantitative estimate of drug-likeness (QED) is 0.703. The lowest BCUT2D eigenvalue weighted by molar-refractivity contribution is -0.192. The van der Waals surface area contributed by atoms with Crippen LogP contribution < -0.4 is 5.73 Å². The third-order valence-corrected chi connectivity index (χ3v) is 1.73. The summed E-state index contributed by atoms with van der Waals surface area (Å²) in [5, 5.41) is 7.12. The summed E-state index contributed by atoms with van der Waals surface area (Å²) in [5.41, 5.74) is 5.68. The lowest BCUT2D eigenvalue weighted by atomic mass is 9.92. The predicted octanol–water partition coefficient (Wildman–Crippen LogP) is 2.01. The van der Waals surface area contributed by atoms with Gasteiger partial charge in [0.05, 0.1) is 0 Å². The van der Waals surface area contributed by atoms with Crippen LogP contribution in [0.1, 0.15) is 27.7 Å². The van der Waals surface area contributed by atoms with Crippen LogP contribution in [0, 0.1) is 5.92 Å².